The van der Waals surface area contributed by atoms with E-state index < -0.39 is 0 Å². The number of para-hydroxylation sites is 1. The molecule has 6 nitrogen and oxygen atoms in total. The average molecular weight is 407 g/mol. The Morgan fingerprint density at radius 1 is 0.967 bits per heavy atom. The second-order valence-electron chi connectivity index (χ2n) is 8.33. The van der Waals surface area contributed by atoms with Gasteiger partial charge in [-0.2, -0.15) is 0 Å². The zero-order valence-corrected chi connectivity index (χ0v) is 17.7. The topological polar surface area (TPSA) is 62.1 Å². The van der Waals surface area contributed by atoms with E-state index in [0.29, 0.717) is 6.54 Å². The number of hydrogen-bond donors (Lipinski definition) is 3. The number of quaternary nitrogens is 2. The Bertz CT molecular complexity index is 1020. The molecule has 1 atom stereocenters. The van der Waals surface area contributed by atoms with Gasteiger partial charge in [0, 0.05) is 42.3 Å². The molecule has 3 aromatic rings. The van der Waals surface area contributed by atoms with Crippen molar-refractivity contribution in [2.45, 2.75) is 6.04 Å². The summed E-state index contributed by atoms with van der Waals surface area (Å²) >= 11 is 0. The second kappa shape index (κ2) is 8.81. The van der Waals surface area contributed by atoms with Gasteiger partial charge in [-0.25, -0.2) is 0 Å². The van der Waals surface area contributed by atoms with Crippen LogP contribution in [0.25, 0.3) is 10.9 Å². The first-order valence-electron chi connectivity index (χ1n) is 10.6. The highest BCUT2D eigenvalue weighted by Gasteiger charge is 2.37. The summed E-state index contributed by atoms with van der Waals surface area (Å²) < 4.78 is 0. The normalized spacial score (nSPS) is 20.1. The lowest BCUT2D eigenvalue weighted by atomic mass is 9.95. The maximum absolute atomic E-state index is 13.8. The van der Waals surface area contributed by atoms with Gasteiger partial charge >= 0.3 is 0 Å². The molecule has 0 aliphatic carbocycles. The van der Waals surface area contributed by atoms with Crippen molar-refractivity contribution in [3.05, 3.63) is 71.9 Å². The quantitative estimate of drug-likeness (QED) is 0.504. The number of fused-ring (bicyclic) bond motifs is 1. The van der Waals surface area contributed by atoms with Crippen molar-refractivity contribution in [3.8, 4) is 0 Å². The van der Waals surface area contributed by atoms with Crippen LogP contribution in [0, 0.1) is 0 Å². The van der Waals surface area contributed by atoms with E-state index in [1.165, 1.54) is 9.80 Å². The molecule has 0 radical (unpaired) electrons. The number of nitrogens with zero attached hydrogens (tertiary/aromatic N) is 1. The lowest BCUT2D eigenvalue weighted by Crippen LogP contribution is -3.28. The number of aromatic nitrogens is 1. The number of piperazine rings is 1. The van der Waals surface area contributed by atoms with Gasteiger partial charge in [0.05, 0.1) is 0 Å². The Morgan fingerprint density at radius 2 is 1.63 bits per heavy atom. The van der Waals surface area contributed by atoms with Crippen LogP contribution in [-0.2, 0) is 4.79 Å². The van der Waals surface area contributed by atoms with E-state index in [-0.39, 0.29) is 17.7 Å². The molecule has 156 valence electrons. The minimum absolute atomic E-state index is 0.154. The van der Waals surface area contributed by atoms with Crippen molar-refractivity contribution >= 4 is 22.6 Å². The molecule has 1 amide bonds. The molecule has 1 fully saturated rings. The number of amides is 1. The van der Waals surface area contributed by atoms with E-state index in [1.807, 2.05) is 48.7 Å². The lowest BCUT2D eigenvalue weighted by Gasteiger charge is -2.34. The number of likely N-dealkylation sites (N-methyl/N-ethyl adjacent to an activating group) is 1. The van der Waals surface area contributed by atoms with Crippen LogP contribution in [0.3, 0.4) is 0 Å². The number of hydrogen-bond acceptors (Lipinski definition) is 2. The number of aromatic amines is 1. The fourth-order valence-corrected chi connectivity index (χ4v) is 4.41. The SMILES string of the molecule is CN(C)C(=O)C[NH+]1CC[NH+]([C@H](C(=O)c2c[nH]c3ccccc23)c2ccccc2)CC1. The summed E-state index contributed by atoms with van der Waals surface area (Å²) in [5.41, 5.74) is 2.79. The molecule has 30 heavy (non-hydrogen) atoms. The second-order valence-corrected chi connectivity index (χ2v) is 8.33. The van der Waals surface area contributed by atoms with Crippen LogP contribution in [0.2, 0.25) is 0 Å². The number of benzene rings is 2. The Balaban J connectivity index is 1.58. The highest BCUT2D eigenvalue weighted by Crippen LogP contribution is 2.23. The van der Waals surface area contributed by atoms with Gasteiger partial charge in [0.1, 0.15) is 26.2 Å². The zero-order valence-electron chi connectivity index (χ0n) is 17.7. The van der Waals surface area contributed by atoms with Crippen molar-refractivity contribution in [1.29, 1.82) is 0 Å². The summed E-state index contributed by atoms with van der Waals surface area (Å²) in [5, 5.41) is 0.976. The van der Waals surface area contributed by atoms with Crippen LogP contribution in [0.15, 0.2) is 60.8 Å². The Kier molecular flexibility index (Phi) is 5.97. The van der Waals surface area contributed by atoms with Gasteiger partial charge < -0.3 is 19.7 Å². The number of ketones is 1. The van der Waals surface area contributed by atoms with Crippen LogP contribution < -0.4 is 9.80 Å². The molecule has 1 aliphatic heterocycles. The zero-order chi connectivity index (χ0) is 21.1. The molecule has 6 heteroatoms. The van der Waals surface area contributed by atoms with Crippen LogP contribution in [0.4, 0.5) is 0 Å². The number of carbonyl (C=O) groups excluding carboxylic acids is 2. The van der Waals surface area contributed by atoms with Crippen LogP contribution in [0.1, 0.15) is 22.0 Å². The summed E-state index contributed by atoms with van der Waals surface area (Å²) in [5.74, 6) is 0.310. The van der Waals surface area contributed by atoms with E-state index in [0.717, 1.165) is 48.2 Å². The van der Waals surface area contributed by atoms with Gasteiger partial charge in [-0.05, 0) is 6.07 Å². The number of nitrogens with one attached hydrogen (secondary N) is 3. The van der Waals surface area contributed by atoms with Crippen molar-refractivity contribution in [1.82, 2.24) is 9.88 Å². The number of H-pyrrole nitrogens is 1. The minimum Gasteiger partial charge on any atom is -0.360 e. The molecule has 3 N–H and O–H groups in total. The van der Waals surface area contributed by atoms with Gasteiger partial charge in [0.2, 0.25) is 5.78 Å². The van der Waals surface area contributed by atoms with Crippen LogP contribution in [-0.4, -0.2) is 68.4 Å². The molecule has 1 aromatic heterocycles. The first kappa shape index (κ1) is 20.3. The first-order valence-corrected chi connectivity index (χ1v) is 10.6. The summed E-state index contributed by atoms with van der Waals surface area (Å²) in [7, 11) is 3.60. The van der Waals surface area contributed by atoms with Gasteiger partial charge in [-0.15, -0.1) is 0 Å². The first-order chi connectivity index (χ1) is 14.5. The maximum Gasteiger partial charge on any atom is 0.277 e. The van der Waals surface area contributed by atoms with Gasteiger partial charge in [0.25, 0.3) is 5.91 Å². The third kappa shape index (κ3) is 4.15. The molecule has 2 heterocycles. The van der Waals surface area contributed by atoms with Crippen molar-refractivity contribution in [3.63, 3.8) is 0 Å². The molecule has 1 aliphatic rings. The Hall–Kier alpha value is -2.96. The third-order valence-corrected chi connectivity index (χ3v) is 6.16. The lowest BCUT2D eigenvalue weighted by molar-refractivity contribution is -1.02. The van der Waals surface area contributed by atoms with E-state index in [1.54, 1.807) is 19.0 Å². The minimum atomic E-state index is -0.239. The fraction of sp³-hybridized carbons (Fsp3) is 0.333. The number of Topliss-reactive ketones (excluding diaryl/α,β-unsaturated/α-hetero) is 1. The molecule has 1 saturated heterocycles. The molecular weight excluding hydrogens is 376 g/mol. The Morgan fingerprint density at radius 3 is 2.33 bits per heavy atom. The highest BCUT2D eigenvalue weighted by molar-refractivity contribution is 6.10. The molecule has 0 bridgehead atoms. The van der Waals surface area contributed by atoms with Crippen LogP contribution >= 0.6 is 0 Å². The van der Waals surface area contributed by atoms with E-state index in [9.17, 15) is 9.59 Å². The molecule has 0 saturated carbocycles. The summed E-state index contributed by atoms with van der Waals surface area (Å²) in [4.78, 5) is 33.3. The molecule has 0 unspecified atom stereocenters. The van der Waals surface area contributed by atoms with Gasteiger partial charge in [-0.3, -0.25) is 9.59 Å². The molecule has 2 aromatic carbocycles. The van der Waals surface area contributed by atoms with E-state index >= 15 is 0 Å². The summed E-state index contributed by atoms with van der Waals surface area (Å²) in [6.45, 7) is 4.03. The predicted molar refractivity (Wildman–Crippen MR) is 117 cm³/mol. The maximum atomic E-state index is 13.8. The van der Waals surface area contributed by atoms with Crippen molar-refractivity contribution in [2.75, 3.05) is 46.8 Å². The van der Waals surface area contributed by atoms with Gasteiger partial charge in [0.15, 0.2) is 12.6 Å². The monoisotopic (exact) mass is 406 g/mol. The smallest absolute Gasteiger partial charge is 0.277 e. The van der Waals surface area contributed by atoms with E-state index in [2.05, 4.69) is 17.1 Å². The third-order valence-electron chi connectivity index (χ3n) is 6.16. The van der Waals surface area contributed by atoms with Gasteiger partial charge in [-0.1, -0.05) is 48.5 Å². The standard InChI is InChI=1S/C24H28N4O2/c1-26(2)22(29)17-27-12-14-28(15-13-27)23(18-8-4-3-5-9-18)24(30)20-16-25-21-11-7-6-10-19(20)21/h3-11,16,23,25H,12-15,17H2,1-2H3/p+2/t23-/m0/s1. The fourth-order valence-electron chi connectivity index (χ4n) is 4.41. The molecular formula is C24H30N4O2+2. The number of carbonyl (C=O) groups is 2. The van der Waals surface area contributed by atoms with Crippen molar-refractivity contribution in [2.24, 2.45) is 0 Å². The molecule has 4 rings (SSSR count). The summed E-state index contributed by atoms with van der Waals surface area (Å²) in [6, 6.07) is 17.8. The van der Waals surface area contributed by atoms with Crippen LogP contribution in [0.5, 0.6) is 0 Å². The summed E-state index contributed by atoms with van der Waals surface area (Å²) in [6.07, 6.45) is 1.85. The predicted octanol–water partition coefficient (Wildman–Crippen LogP) is -0.0365. The van der Waals surface area contributed by atoms with E-state index in [4.69, 9.17) is 0 Å². The highest BCUT2D eigenvalue weighted by atomic mass is 16.2. The largest absolute Gasteiger partial charge is 0.360 e. The number of rotatable bonds is 6. The Labute approximate surface area is 177 Å². The molecule has 0 spiro atoms. The average Bonchev–Trinajstić information content (AvgIpc) is 3.20. The van der Waals surface area contributed by atoms with Crippen molar-refractivity contribution < 1.29 is 19.4 Å².